The minimum Gasteiger partial charge on any atom is -0.356 e. The third kappa shape index (κ3) is 7.85. The van der Waals surface area contributed by atoms with Crippen molar-refractivity contribution in [3.63, 3.8) is 0 Å². The first-order chi connectivity index (χ1) is 27.6. The van der Waals surface area contributed by atoms with Gasteiger partial charge in [0, 0.05) is 59.8 Å². The third-order valence-electron chi connectivity index (χ3n) is 11.9. The molecule has 0 bridgehead atoms. The maximum absolute atomic E-state index is 13.3. The van der Waals surface area contributed by atoms with E-state index in [1.807, 2.05) is 31.2 Å². The van der Waals surface area contributed by atoms with E-state index in [0.717, 1.165) is 115 Å². The summed E-state index contributed by atoms with van der Waals surface area (Å²) in [6.07, 6.45) is 12.8. The number of anilines is 1. The van der Waals surface area contributed by atoms with E-state index in [4.69, 9.17) is 16.6 Å². The number of nitrogens with zero attached hydrogens (tertiary/aromatic N) is 8. The number of carbonyl (C=O) groups excluding carboxylic acids is 3. The SMILES string of the molecule is Cc1sc2c(c1C)C(c1ccc(Cl)cc1)=N[C@@H](CC(=O)NCCCCCCCCn1ccc3c(N4CCC5(CCCC(=O)NC5=O)C4)ncnc31)c1nnc(C)n1-2. The molecule has 8 rings (SSSR count). The monoisotopic (exact) mass is 808 g/mol. The Morgan fingerprint density at radius 2 is 1.79 bits per heavy atom. The fraction of sp³-hybridized carbons (Fsp3) is 0.476. The molecule has 5 aromatic rings. The molecule has 15 heteroatoms. The van der Waals surface area contributed by atoms with E-state index >= 15 is 0 Å². The number of aliphatic imine (C=N–C) groups is 1. The smallest absolute Gasteiger partial charge is 0.234 e. The Balaban J connectivity index is 0.801. The number of aryl methyl sites for hydroxylation is 3. The summed E-state index contributed by atoms with van der Waals surface area (Å²) in [5, 5.41) is 17.4. The third-order valence-corrected chi connectivity index (χ3v) is 13.3. The molecule has 2 atom stereocenters. The maximum Gasteiger partial charge on any atom is 0.234 e. The van der Waals surface area contributed by atoms with Gasteiger partial charge in [-0.1, -0.05) is 49.4 Å². The molecule has 1 aromatic carbocycles. The zero-order chi connectivity index (χ0) is 39.7. The zero-order valence-corrected chi connectivity index (χ0v) is 34.4. The number of unbranched alkanes of at least 4 members (excludes halogenated alkanes) is 5. The maximum atomic E-state index is 13.3. The van der Waals surface area contributed by atoms with Gasteiger partial charge in [0.15, 0.2) is 5.82 Å². The van der Waals surface area contributed by atoms with Crippen molar-refractivity contribution in [2.45, 2.75) is 104 Å². The number of benzene rings is 1. The lowest BCUT2D eigenvalue weighted by Gasteiger charge is -2.26. The second kappa shape index (κ2) is 16.5. The Morgan fingerprint density at radius 1 is 1.00 bits per heavy atom. The molecule has 2 N–H and O–H groups in total. The van der Waals surface area contributed by atoms with Gasteiger partial charge in [0.25, 0.3) is 0 Å². The van der Waals surface area contributed by atoms with Crippen LogP contribution in [0.25, 0.3) is 16.0 Å². The number of fused-ring (bicyclic) bond motifs is 4. The molecule has 2 fully saturated rings. The molecule has 57 heavy (non-hydrogen) atoms. The largest absolute Gasteiger partial charge is 0.356 e. The Labute approximate surface area is 341 Å². The van der Waals surface area contributed by atoms with E-state index < -0.39 is 11.5 Å². The van der Waals surface area contributed by atoms with Gasteiger partial charge in [0.1, 0.15) is 34.7 Å². The summed E-state index contributed by atoms with van der Waals surface area (Å²) in [5.41, 5.74) is 4.37. The van der Waals surface area contributed by atoms with Crippen molar-refractivity contribution in [1.82, 2.24) is 39.9 Å². The molecule has 4 aromatic heterocycles. The quantitative estimate of drug-likeness (QED) is 0.0943. The molecular weight excluding hydrogens is 760 g/mol. The predicted octanol–water partition coefficient (Wildman–Crippen LogP) is 7.11. The second-order valence-corrected chi connectivity index (χ2v) is 17.3. The van der Waals surface area contributed by atoms with E-state index in [0.29, 0.717) is 36.8 Å². The molecule has 0 saturated carbocycles. The number of rotatable bonds is 13. The summed E-state index contributed by atoms with van der Waals surface area (Å²) in [7, 11) is 0. The number of thiophene rings is 1. The molecule has 298 valence electrons. The van der Waals surface area contributed by atoms with Crippen molar-refractivity contribution in [3.8, 4) is 5.00 Å². The number of hydrogen-bond acceptors (Lipinski definition) is 10. The van der Waals surface area contributed by atoms with Crippen LogP contribution in [0.5, 0.6) is 0 Å². The lowest BCUT2D eigenvalue weighted by molar-refractivity contribution is -0.134. The molecule has 2 saturated heterocycles. The summed E-state index contributed by atoms with van der Waals surface area (Å²) >= 11 is 7.94. The van der Waals surface area contributed by atoms with Gasteiger partial charge in [0.2, 0.25) is 17.7 Å². The van der Waals surface area contributed by atoms with E-state index in [2.05, 4.69) is 70.9 Å². The molecule has 3 amide bonds. The van der Waals surface area contributed by atoms with Crippen LogP contribution in [0.2, 0.25) is 5.02 Å². The minimum absolute atomic E-state index is 0.0499. The molecule has 1 unspecified atom stereocenters. The average Bonchev–Trinajstić information content (AvgIpc) is 3.94. The van der Waals surface area contributed by atoms with Crippen LogP contribution in [-0.4, -0.2) is 72.4 Å². The van der Waals surface area contributed by atoms with Crippen LogP contribution in [0.3, 0.4) is 0 Å². The Kier molecular flexibility index (Phi) is 11.3. The summed E-state index contributed by atoms with van der Waals surface area (Å²) in [6.45, 7) is 8.96. The number of nitrogens with one attached hydrogen (secondary N) is 2. The highest BCUT2D eigenvalue weighted by atomic mass is 35.5. The summed E-state index contributed by atoms with van der Waals surface area (Å²) in [6, 6.07) is 9.31. The van der Waals surface area contributed by atoms with E-state index in [-0.39, 0.29) is 24.1 Å². The summed E-state index contributed by atoms with van der Waals surface area (Å²) in [4.78, 5) is 56.1. The van der Waals surface area contributed by atoms with Crippen LogP contribution in [0.15, 0.2) is 47.8 Å². The highest BCUT2D eigenvalue weighted by Crippen LogP contribution is 2.41. The summed E-state index contributed by atoms with van der Waals surface area (Å²) in [5.74, 6) is 1.94. The topological polar surface area (TPSA) is 152 Å². The van der Waals surface area contributed by atoms with Crippen molar-refractivity contribution in [2.24, 2.45) is 10.4 Å². The number of hydrogen-bond donors (Lipinski definition) is 2. The van der Waals surface area contributed by atoms with Gasteiger partial charge >= 0.3 is 0 Å². The van der Waals surface area contributed by atoms with Gasteiger partial charge in [-0.05, 0) is 76.6 Å². The van der Waals surface area contributed by atoms with Gasteiger partial charge in [-0.15, -0.1) is 21.5 Å². The number of halogens is 1. The van der Waals surface area contributed by atoms with E-state index in [1.165, 1.54) is 4.88 Å². The Morgan fingerprint density at radius 3 is 2.61 bits per heavy atom. The minimum atomic E-state index is -0.540. The van der Waals surface area contributed by atoms with E-state index in [9.17, 15) is 14.4 Å². The van der Waals surface area contributed by atoms with Crippen LogP contribution >= 0.6 is 22.9 Å². The highest BCUT2D eigenvalue weighted by Gasteiger charge is 2.46. The van der Waals surface area contributed by atoms with Crippen molar-refractivity contribution in [3.05, 3.63) is 81.1 Å². The fourth-order valence-electron chi connectivity index (χ4n) is 8.61. The molecule has 1 spiro atoms. The number of carbonyl (C=O) groups is 3. The standard InChI is InChI=1S/C42H49ClN10O3S/c1-26-27(2)57-40-35(26)36(29-12-14-30(43)15-13-29)47-32(39-50-49-28(3)53(39)40)23-34(55)44-19-8-6-4-5-7-9-20-51-21-16-31-37(51)45-25-46-38(31)52-22-18-42(24-52)17-10-11-33(54)48-41(42)56/h12-16,21,25,32H,4-11,17-20,22-24H2,1-3H3,(H,44,55)(H,48,54,56)/t32-,42?/m0/s1. The molecular formula is C42H49ClN10O3S. The van der Waals surface area contributed by atoms with Crippen LogP contribution in [0, 0.1) is 26.2 Å². The zero-order valence-electron chi connectivity index (χ0n) is 32.8. The normalized spacial score (nSPS) is 19.3. The summed E-state index contributed by atoms with van der Waals surface area (Å²) < 4.78 is 4.27. The first-order valence-electron chi connectivity index (χ1n) is 20.1. The molecule has 3 aliphatic heterocycles. The first-order valence-corrected chi connectivity index (χ1v) is 21.3. The average molecular weight is 809 g/mol. The fourth-order valence-corrected chi connectivity index (χ4v) is 9.95. The number of aromatic nitrogens is 6. The van der Waals surface area contributed by atoms with Crippen LogP contribution < -0.4 is 15.5 Å². The Hall–Kier alpha value is -4.95. The van der Waals surface area contributed by atoms with Gasteiger partial charge in [0.05, 0.1) is 22.9 Å². The van der Waals surface area contributed by atoms with Gasteiger partial charge in [-0.25, -0.2) is 9.97 Å². The van der Waals surface area contributed by atoms with Crippen molar-refractivity contribution >= 4 is 63.2 Å². The van der Waals surface area contributed by atoms with Crippen LogP contribution in [0.4, 0.5) is 5.82 Å². The van der Waals surface area contributed by atoms with Gasteiger partial charge in [-0.2, -0.15) is 0 Å². The van der Waals surface area contributed by atoms with Crippen LogP contribution in [0.1, 0.15) is 110 Å². The van der Waals surface area contributed by atoms with Gasteiger partial charge in [-0.3, -0.25) is 29.3 Å². The Bertz CT molecular complexity index is 2350. The highest BCUT2D eigenvalue weighted by molar-refractivity contribution is 7.15. The predicted molar refractivity (Wildman–Crippen MR) is 222 cm³/mol. The second-order valence-electron chi connectivity index (χ2n) is 15.7. The number of imide groups is 1. The lowest BCUT2D eigenvalue weighted by Crippen LogP contribution is -2.43. The molecule has 3 aliphatic rings. The molecule has 0 aliphatic carbocycles. The first kappa shape index (κ1) is 38.9. The van der Waals surface area contributed by atoms with Crippen molar-refractivity contribution in [2.75, 3.05) is 24.5 Å². The molecule has 0 radical (unpaired) electrons. The number of amides is 3. The van der Waals surface area contributed by atoms with Crippen molar-refractivity contribution < 1.29 is 14.4 Å². The van der Waals surface area contributed by atoms with Gasteiger partial charge < -0.3 is 14.8 Å². The van der Waals surface area contributed by atoms with E-state index in [1.54, 1.807) is 17.7 Å². The van der Waals surface area contributed by atoms with Crippen molar-refractivity contribution in [1.29, 1.82) is 0 Å². The molecule has 7 heterocycles. The lowest BCUT2D eigenvalue weighted by atomic mass is 9.82. The molecule has 13 nitrogen and oxygen atoms in total. The van der Waals surface area contributed by atoms with Crippen LogP contribution in [-0.2, 0) is 20.9 Å².